The molecule has 0 radical (unpaired) electrons. The topological polar surface area (TPSA) is 46.9 Å². The van der Waals surface area contributed by atoms with Gasteiger partial charge in [-0.05, 0) is 23.6 Å². The lowest BCUT2D eigenvalue weighted by Gasteiger charge is -2.09. The zero-order chi connectivity index (χ0) is 14.0. The average molecular weight is 263 g/mol. The molecule has 4 nitrogen and oxygen atoms in total. The molecule has 2 rings (SSSR count). The number of rotatable bonds is 3. The molecule has 1 amide bonds. The van der Waals surface area contributed by atoms with Crippen LogP contribution in [0.4, 0.5) is 10.2 Å². The molecule has 0 bridgehead atoms. The molecule has 0 aliphatic carbocycles. The summed E-state index contributed by atoms with van der Waals surface area (Å²) < 4.78 is 15.3. The molecule has 0 atom stereocenters. The second-order valence-electron chi connectivity index (χ2n) is 4.72. The smallest absolute Gasteiger partial charge is 0.259 e. The van der Waals surface area contributed by atoms with Gasteiger partial charge in [-0.3, -0.25) is 9.48 Å². The van der Waals surface area contributed by atoms with E-state index >= 15 is 0 Å². The third-order valence-corrected chi connectivity index (χ3v) is 2.86. The molecule has 0 spiro atoms. The van der Waals surface area contributed by atoms with Gasteiger partial charge in [0.25, 0.3) is 5.91 Å². The van der Waals surface area contributed by atoms with Crippen LogP contribution in [0.2, 0.25) is 0 Å². The van der Waals surface area contributed by atoms with Crippen LogP contribution in [0, 0.1) is 5.82 Å². The Kier molecular flexibility index (Phi) is 3.64. The highest BCUT2D eigenvalue weighted by atomic mass is 19.1. The Hall–Kier alpha value is -2.17. The minimum atomic E-state index is -0.530. The molecule has 0 saturated carbocycles. The second-order valence-corrected chi connectivity index (χ2v) is 4.72. The number of carbonyl (C=O) groups is 1. The predicted molar refractivity (Wildman–Crippen MR) is 73.8 cm³/mol. The van der Waals surface area contributed by atoms with E-state index in [9.17, 15) is 9.18 Å². The third-order valence-electron chi connectivity index (χ3n) is 2.86. The van der Waals surface area contributed by atoms with E-state index in [1.807, 2.05) is 13.8 Å². The van der Waals surface area contributed by atoms with E-state index in [1.54, 1.807) is 36.1 Å². The van der Waals surface area contributed by atoms with E-state index in [2.05, 4.69) is 10.4 Å². The largest absolute Gasteiger partial charge is 0.305 e. The summed E-state index contributed by atoms with van der Waals surface area (Å²) in [5.74, 6) is -0.375. The number of hydrogen-bond donors (Lipinski definition) is 1. The highest BCUT2D eigenvalue weighted by Gasteiger charge is 2.14. The van der Waals surface area contributed by atoms with E-state index in [-0.39, 0.29) is 12.9 Å². The SMILES string of the molecule is CC(C)c1ccc(F)c(C(=O)Nc2ccn(C)n2)c1.[HH]. The maximum absolute atomic E-state index is 13.7. The van der Waals surface area contributed by atoms with E-state index in [1.165, 1.54) is 6.07 Å². The van der Waals surface area contributed by atoms with Gasteiger partial charge in [-0.2, -0.15) is 5.10 Å². The lowest BCUT2D eigenvalue weighted by atomic mass is 10.0. The highest BCUT2D eigenvalue weighted by molar-refractivity contribution is 6.04. The van der Waals surface area contributed by atoms with Crippen LogP contribution in [0.1, 0.15) is 37.1 Å². The molecule has 0 aliphatic heterocycles. The van der Waals surface area contributed by atoms with Crippen LogP contribution in [0.15, 0.2) is 30.5 Å². The number of benzene rings is 1. The molecule has 5 heteroatoms. The first-order chi connectivity index (χ1) is 8.97. The quantitative estimate of drug-likeness (QED) is 0.924. The van der Waals surface area contributed by atoms with E-state index in [0.717, 1.165) is 5.56 Å². The molecular formula is C14H18FN3O. The Labute approximate surface area is 112 Å². The number of aryl methyl sites for hydroxylation is 1. The third kappa shape index (κ3) is 2.99. The Morgan fingerprint density at radius 3 is 2.74 bits per heavy atom. The van der Waals surface area contributed by atoms with Gasteiger partial charge >= 0.3 is 0 Å². The molecule has 1 aromatic carbocycles. The van der Waals surface area contributed by atoms with Crippen molar-refractivity contribution in [2.75, 3.05) is 5.32 Å². The van der Waals surface area contributed by atoms with Crippen molar-refractivity contribution >= 4 is 11.7 Å². The Bertz CT molecular complexity index is 610. The molecule has 2 aromatic rings. The fourth-order valence-corrected chi connectivity index (χ4v) is 1.74. The summed E-state index contributed by atoms with van der Waals surface area (Å²) in [4.78, 5) is 12.0. The fraction of sp³-hybridized carbons (Fsp3) is 0.286. The van der Waals surface area contributed by atoms with Crippen molar-refractivity contribution in [1.82, 2.24) is 9.78 Å². The van der Waals surface area contributed by atoms with Crippen molar-refractivity contribution in [1.29, 1.82) is 0 Å². The lowest BCUT2D eigenvalue weighted by Crippen LogP contribution is -2.15. The highest BCUT2D eigenvalue weighted by Crippen LogP contribution is 2.19. The number of amides is 1. The van der Waals surface area contributed by atoms with Gasteiger partial charge in [-0.1, -0.05) is 19.9 Å². The second kappa shape index (κ2) is 5.22. The molecular weight excluding hydrogens is 245 g/mol. The van der Waals surface area contributed by atoms with Crippen LogP contribution in [-0.4, -0.2) is 15.7 Å². The van der Waals surface area contributed by atoms with Gasteiger partial charge in [-0.15, -0.1) is 0 Å². The minimum absolute atomic E-state index is 0. The molecule has 1 N–H and O–H groups in total. The summed E-state index contributed by atoms with van der Waals surface area (Å²) in [7, 11) is 1.75. The van der Waals surface area contributed by atoms with E-state index in [4.69, 9.17) is 0 Å². The maximum Gasteiger partial charge on any atom is 0.259 e. The zero-order valence-electron chi connectivity index (χ0n) is 11.1. The van der Waals surface area contributed by atoms with Crippen molar-refractivity contribution < 1.29 is 10.6 Å². The molecule has 102 valence electrons. The number of hydrogen-bond acceptors (Lipinski definition) is 2. The number of aromatic nitrogens is 2. The summed E-state index contributed by atoms with van der Waals surface area (Å²) in [6.45, 7) is 3.99. The number of nitrogens with zero attached hydrogens (tertiary/aromatic N) is 2. The Morgan fingerprint density at radius 1 is 1.42 bits per heavy atom. The van der Waals surface area contributed by atoms with Crippen molar-refractivity contribution in [3.63, 3.8) is 0 Å². The van der Waals surface area contributed by atoms with Gasteiger partial charge in [0.05, 0.1) is 5.56 Å². The number of anilines is 1. The van der Waals surface area contributed by atoms with Gasteiger partial charge in [0.1, 0.15) is 5.82 Å². The van der Waals surface area contributed by atoms with Crippen molar-refractivity contribution in [2.24, 2.45) is 7.05 Å². The first kappa shape index (κ1) is 13.3. The first-order valence-electron chi connectivity index (χ1n) is 6.08. The number of nitrogens with one attached hydrogen (secondary N) is 1. The molecule has 19 heavy (non-hydrogen) atoms. The standard InChI is InChI=1S/C14H16FN3O.H2/c1-9(2)10-4-5-12(15)11(8-10)14(19)16-13-6-7-18(3)17-13;/h4-9H,1-3H3,(H,16,17,19);1H. The summed E-state index contributed by atoms with van der Waals surface area (Å²) in [5.41, 5.74) is 0.962. The van der Waals surface area contributed by atoms with Gasteiger partial charge < -0.3 is 5.32 Å². The fourth-order valence-electron chi connectivity index (χ4n) is 1.74. The first-order valence-corrected chi connectivity index (χ1v) is 6.08. The Morgan fingerprint density at radius 2 is 2.16 bits per heavy atom. The molecule has 1 heterocycles. The van der Waals surface area contributed by atoms with Crippen molar-refractivity contribution in [2.45, 2.75) is 19.8 Å². The summed E-state index contributed by atoms with van der Waals surface area (Å²) in [6.07, 6.45) is 1.70. The zero-order valence-corrected chi connectivity index (χ0v) is 11.1. The molecule has 0 fully saturated rings. The molecule has 0 saturated heterocycles. The van der Waals surface area contributed by atoms with Crippen molar-refractivity contribution in [3.05, 3.63) is 47.4 Å². The number of carbonyl (C=O) groups excluding carboxylic acids is 1. The van der Waals surface area contributed by atoms with Gasteiger partial charge in [0.15, 0.2) is 5.82 Å². The van der Waals surface area contributed by atoms with Crippen LogP contribution >= 0.6 is 0 Å². The van der Waals surface area contributed by atoms with Crippen LogP contribution < -0.4 is 5.32 Å². The predicted octanol–water partition coefficient (Wildman–Crippen LogP) is 3.18. The van der Waals surface area contributed by atoms with Crippen LogP contribution in [0.25, 0.3) is 0 Å². The maximum atomic E-state index is 13.7. The molecule has 1 aromatic heterocycles. The van der Waals surface area contributed by atoms with Crippen LogP contribution in [0.5, 0.6) is 0 Å². The average Bonchev–Trinajstić information content (AvgIpc) is 2.74. The lowest BCUT2D eigenvalue weighted by molar-refractivity contribution is 0.102. The molecule has 0 unspecified atom stereocenters. The summed E-state index contributed by atoms with van der Waals surface area (Å²) in [5, 5.41) is 6.60. The normalized spacial score (nSPS) is 10.8. The van der Waals surface area contributed by atoms with Crippen molar-refractivity contribution in [3.8, 4) is 0 Å². The Balaban J connectivity index is 0.00000200. The summed E-state index contributed by atoms with van der Waals surface area (Å²) in [6, 6.07) is 6.25. The number of halogens is 1. The van der Waals surface area contributed by atoms with E-state index in [0.29, 0.717) is 5.82 Å². The van der Waals surface area contributed by atoms with E-state index < -0.39 is 11.7 Å². The van der Waals surface area contributed by atoms with Crippen LogP contribution in [0.3, 0.4) is 0 Å². The van der Waals surface area contributed by atoms with Gasteiger partial charge in [-0.25, -0.2) is 4.39 Å². The minimum Gasteiger partial charge on any atom is -0.305 e. The van der Waals surface area contributed by atoms with Crippen LogP contribution in [-0.2, 0) is 7.05 Å². The monoisotopic (exact) mass is 263 g/mol. The molecule has 0 aliphatic rings. The van der Waals surface area contributed by atoms with Gasteiger partial charge in [0.2, 0.25) is 0 Å². The summed E-state index contributed by atoms with van der Waals surface area (Å²) >= 11 is 0. The van der Waals surface area contributed by atoms with Gasteiger partial charge in [0, 0.05) is 20.7 Å².